The van der Waals surface area contributed by atoms with Crippen LogP contribution < -0.4 is 0 Å². The van der Waals surface area contributed by atoms with Gasteiger partial charge in [0, 0.05) is 37.8 Å². The van der Waals surface area contributed by atoms with Gasteiger partial charge in [-0.15, -0.1) is 4.40 Å². The van der Waals surface area contributed by atoms with Gasteiger partial charge < -0.3 is 4.90 Å². The molecule has 1 unspecified atom stereocenters. The van der Waals surface area contributed by atoms with E-state index in [9.17, 15) is 8.42 Å². The maximum atomic E-state index is 12.3. The lowest BCUT2D eigenvalue weighted by Gasteiger charge is -2.26. The van der Waals surface area contributed by atoms with Crippen LogP contribution in [0.25, 0.3) is 0 Å². The summed E-state index contributed by atoms with van der Waals surface area (Å²) in [6.07, 6.45) is 0.980. The molecule has 26 heavy (non-hydrogen) atoms. The lowest BCUT2D eigenvalue weighted by atomic mass is 10.1. The van der Waals surface area contributed by atoms with Gasteiger partial charge in [-0.25, -0.2) is 0 Å². The van der Waals surface area contributed by atoms with Gasteiger partial charge in [-0.05, 0) is 31.0 Å². The summed E-state index contributed by atoms with van der Waals surface area (Å²) in [7, 11) is -3.56. The van der Waals surface area contributed by atoms with Gasteiger partial charge in [0.25, 0.3) is 10.0 Å². The molecule has 136 valence electrons. The molecule has 2 aliphatic heterocycles. The van der Waals surface area contributed by atoms with Crippen LogP contribution in [0.15, 0.2) is 63.9 Å². The molecular weight excluding hydrogens is 346 g/mol. The fraction of sp³-hybridized carbons (Fsp3) is 0.350. The Morgan fingerprint density at radius 3 is 2.54 bits per heavy atom. The van der Waals surface area contributed by atoms with Gasteiger partial charge in [0.05, 0.1) is 0 Å². The minimum Gasteiger partial charge on any atom is -0.354 e. The first kappa shape index (κ1) is 17.2. The molecule has 0 radical (unpaired) electrons. The third-order valence-electron chi connectivity index (χ3n) is 5.24. The van der Waals surface area contributed by atoms with Crippen molar-refractivity contribution in [1.82, 2.24) is 9.80 Å². The highest BCUT2D eigenvalue weighted by Crippen LogP contribution is 2.28. The number of fused-ring (bicyclic) bond motifs is 1. The summed E-state index contributed by atoms with van der Waals surface area (Å²) in [6, 6.07) is 18.0. The van der Waals surface area contributed by atoms with Gasteiger partial charge in [0.15, 0.2) is 5.84 Å². The van der Waals surface area contributed by atoms with Crippen molar-refractivity contribution in [3.63, 3.8) is 0 Å². The zero-order chi connectivity index (χ0) is 18.1. The van der Waals surface area contributed by atoms with Crippen LogP contribution in [0.2, 0.25) is 0 Å². The fourth-order valence-corrected chi connectivity index (χ4v) is 4.92. The number of benzene rings is 2. The minimum absolute atomic E-state index is 0.327. The van der Waals surface area contributed by atoms with Crippen LogP contribution in [-0.2, 0) is 16.6 Å². The van der Waals surface area contributed by atoms with Crippen molar-refractivity contribution in [3.05, 3.63) is 65.7 Å². The molecule has 0 spiro atoms. The van der Waals surface area contributed by atoms with E-state index >= 15 is 0 Å². The number of amidine groups is 1. The Hall–Kier alpha value is -2.18. The Bertz CT molecular complexity index is 925. The first-order valence-electron chi connectivity index (χ1n) is 9.02. The summed E-state index contributed by atoms with van der Waals surface area (Å²) in [5.41, 5.74) is 2.04. The summed E-state index contributed by atoms with van der Waals surface area (Å²) in [6.45, 7) is 5.64. The summed E-state index contributed by atoms with van der Waals surface area (Å²) in [4.78, 5) is 4.92. The maximum Gasteiger partial charge on any atom is 0.285 e. The predicted octanol–water partition coefficient (Wildman–Crippen LogP) is 2.73. The van der Waals surface area contributed by atoms with E-state index in [-0.39, 0.29) is 0 Å². The van der Waals surface area contributed by atoms with Gasteiger partial charge in [0.1, 0.15) is 4.90 Å². The molecule has 2 aliphatic rings. The number of rotatable bonds is 2. The van der Waals surface area contributed by atoms with Crippen molar-refractivity contribution in [3.8, 4) is 0 Å². The van der Waals surface area contributed by atoms with Crippen LogP contribution in [-0.4, -0.2) is 49.7 Å². The second-order valence-corrected chi connectivity index (χ2v) is 8.54. The van der Waals surface area contributed by atoms with E-state index in [1.807, 2.05) is 18.2 Å². The Balaban J connectivity index is 1.54. The molecule has 5 nitrogen and oxygen atoms in total. The molecule has 0 aromatic heterocycles. The van der Waals surface area contributed by atoms with Crippen molar-refractivity contribution in [2.24, 2.45) is 4.40 Å². The molecular formula is C20H23N3O2S. The Kier molecular flexibility index (Phi) is 4.54. The third-order valence-corrected chi connectivity index (χ3v) is 6.56. The molecule has 1 fully saturated rings. The average molecular weight is 369 g/mol. The second kappa shape index (κ2) is 6.85. The lowest BCUT2D eigenvalue weighted by Crippen LogP contribution is -2.36. The number of hydrogen-bond acceptors (Lipinski definition) is 4. The summed E-state index contributed by atoms with van der Waals surface area (Å²) >= 11 is 0. The van der Waals surface area contributed by atoms with E-state index in [0.717, 1.165) is 38.2 Å². The molecule has 0 saturated carbocycles. The van der Waals surface area contributed by atoms with Gasteiger partial charge >= 0.3 is 0 Å². The summed E-state index contributed by atoms with van der Waals surface area (Å²) in [5, 5.41) is 0. The highest BCUT2D eigenvalue weighted by atomic mass is 32.2. The number of sulfonamides is 1. The van der Waals surface area contributed by atoms with Gasteiger partial charge in [0.2, 0.25) is 0 Å². The van der Waals surface area contributed by atoms with Gasteiger partial charge in [-0.2, -0.15) is 8.42 Å². The van der Waals surface area contributed by atoms with E-state index in [1.165, 1.54) is 5.56 Å². The molecule has 1 atom stereocenters. The van der Waals surface area contributed by atoms with Crippen LogP contribution in [0.5, 0.6) is 0 Å². The third kappa shape index (κ3) is 3.27. The summed E-state index contributed by atoms with van der Waals surface area (Å²) < 4.78 is 28.8. The molecule has 0 amide bonds. The molecule has 0 bridgehead atoms. The van der Waals surface area contributed by atoms with Crippen molar-refractivity contribution >= 4 is 15.9 Å². The quantitative estimate of drug-likeness (QED) is 0.817. The standard InChI is InChI=1S/C20H23N3O2S/c1-16-11-12-22(13-14-23(16)15-17-7-3-2-4-8-17)20-18-9-5-6-10-19(18)26(24,25)21-20/h2-10,16H,11-15H2,1H3. The van der Waals surface area contributed by atoms with Crippen LogP contribution in [0, 0.1) is 0 Å². The normalized spacial score (nSPS) is 22.6. The first-order chi connectivity index (χ1) is 12.5. The van der Waals surface area contributed by atoms with E-state index in [0.29, 0.717) is 16.8 Å². The van der Waals surface area contributed by atoms with Gasteiger partial charge in [-0.1, -0.05) is 42.5 Å². The van der Waals surface area contributed by atoms with Crippen molar-refractivity contribution in [2.75, 3.05) is 19.6 Å². The monoisotopic (exact) mass is 369 g/mol. The molecule has 4 rings (SSSR count). The lowest BCUT2D eigenvalue weighted by molar-refractivity contribution is 0.210. The Labute approximate surface area is 155 Å². The molecule has 6 heteroatoms. The molecule has 0 N–H and O–H groups in total. The van der Waals surface area contributed by atoms with E-state index in [4.69, 9.17) is 0 Å². The Morgan fingerprint density at radius 2 is 1.73 bits per heavy atom. The average Bonchev–Trinajstić information content (AvgIpc) is 2.79. The SMILES string of the molecule is CC1CCN(C2=NS(=O)(=O)c3ccccc32)CCN1Cc1ccccc1. The van der Waals surface area contributed by atoms with E-state index < -0.39 is 10.0 Å². The zero-order valence-corrected chi connectivity index (χ0v) is 15.7. The van der Waals surface area contributed by atoms with Crippen molar-refractivity contribution in [2.45, 2.75) is 30.8 Å². The largest absolute Gasteiger partial charge is 0.354 e. The molecule has 1 saturated heterocycles. The molecule has 0 aliphatic carbocycles. The van der Waals surface area contributed by atoms with E-state index in [2.05, 4.69) is 45.4 Å². The van der Waals surface area contributed by atoms with Crippen LogP contribution in [0.4, 0.5) is 0 Å². The topological polar surface area (TPSA) is 53.0 Å². The first-order valence-corrected chi connectivity index (χ1v) is 10.5. The van der Waals surface area contributed by atoms with Gasteiger partial charge in [-0.3, -0.25) is 4.90 Å². The summed E-state index contributed by atoms with van der Waals surface area (Å²) in [5.74, 6) is 0.606. The van der Waals surface area contributed by atoms with Crippen LogP contribution in [0.3, 0.4) is 0 Å². The second-order valence-electron chi connectivity index (χ2n) is 6.97. The minimum atomic E-state index is -3.56. The highest BCUT2D eigenvalue weighted by Gasteiger charge is 2.33. The zero-order valence-electron chi connectivity index (χ0n) is 14.9. The Morgan fingerprint density at radius 1 is 1.00 bits per heavy atom. The molecule has 2 heterocycles. The molecule has 2 aromatic rings. The number of nitrogens with zero attached hydrogens (tertiary/aromatic N) is 3. The molecule has 2 aromatic carbocycles. The predicted molar refractivity (Wildman–Crippen MR) is 103 cm³/mol. The van der Waals surface area contributed by atoms with Crippen molar-refractivity contribution < 1.29 is 8.42 Å². The van der Waals surface area contributed by atoms with Crippen LogP contribution >= 0.6 is 0 Å². The highest BCUT2D eigenvalue weighted by molar-refractivity contribution is 7.90. The van der Waals surface area contributed by atoms with Crippen LogP contribution in [0.1, 0.15) is 24.5 Å². The fourth-order valence-electron chi connectivity index (χ4n) is 3.69. The van der Waals surface area contributed by atoms with E-state index in [1.54, 1.807) is 12.1 Å². The number of hydrogen-bond donors (Lipinski definition) is 0. The smallest absolute Gasteiger partial charge is 0.285 e. The van der Waals surface area contributed by atoms with Crippen molar-refractivity contribution in [1.29, 1.82) is 0 Å². The maximum absolute atomic E-state index is 12.3.